The van der Waals surface area contributed by atoms with Gasteiger partial charge in [0.1, 0.15) is 0 Å². The standard InChI is InChI=1S/C9H12N2O/c1-9(6-10)5-3-2-4-7(9)8(11)12/h2-7,10H,1H3,(H2,11,12). The van der Waals surface area contributed by atoms with Gasteiger partial charge in [0.05, 0.1) is 5.92 Å². The fourth-order valence-electron chi connectivity index (χ4n) is 1.29. The van der Waals surface area contributed by atoms with Gasteiger partial charge in [0.15, 0.2) is 0 Å². The number of hydrogen-bond acceptors (Lipinski definition) is 2. The van der Waals surface area contributed by atoms with E-state index in [-0.39, 0.29) is 11.8 Å². The molecule has 2 unspecified atom stereocenters. The Bertz CT molecular complexity index is 268. The van der Waals surface area contributed by atoms with E-state index in [0.29, 0.717) is 0 Å². The highest BCUT2D eigenvalue weighted by Crippen LogP contribution is 2.30. The molecule has 0 spiro atoms. The molecular weight excluding hydrogens is 152 g/mol. The number of allylic oxidation sites excluding steroid dienone is 3. The molecule has 0 bridgehead atoms. The second-order valence-electron chi connectivity index (χ2n) is 3.13. The molecule has 0 radical (unpaired) electrons. The van der Waals surface area contributed by atoms with Gasteiger partial charge < -0.3 is 11.1 Å². The third kappa shape index (κ3) is 1.30. The summed E-state index contributed by atoms with van der Waals surface area (Å²) in [6, 6.07) is 0. The van der Waals surface area contributed by atoms with E-state index in [2.05, 4.69) is 0 Å². The first-order chi connectivity index (χ1) is 5.60. The molecule has 1 aliphatic rings. The smallest absolute Gasteiger partial charge is 0.225 e. The van der Waals surface area contributed by atoms with Gasteiger partial charge >= 0.3 is 0 Å². The van der Waals surface area contributed by atoms with Crippen molar-refractivity contribution in [3.8, 4) is 0 Å². The molecule has 0 aromatic heterocycles. The zero-order valence-corrected chi connectivity index (χ0v) is 6.95. The number of carbonyl (C=O) groups is 1. The Balaban J connectivity index is 2.99. The van der Waals surface area contributed by atoms with Crippen LogP contribution in [-0.4, -0.2) is 12.1 Å². The highest BCUT2D eigenvalue weighted by molar-refractivity contribution is 5.85. The van der Waals surface area contributed by atoms with E-state index >= 15 is 0 Å². The number of amides is 1. The number of rotatable bonds is 2. The first-order valence-corrected chi connectivity index (χ1v) is 3.77. The van der Waals surface area contributed by atoms with Crippen LogP contribution in [0.4, 0.5) is 0 Å². The van der Waals surface area contributed by atoms with Crippen LogP contribution in [0.15, 0.2) is 24.3 Å². The minimum absolute atomic E-state index is 0.387. The number of hydrogen-bond donors (Lipinski definition) is 2. The van der Waals surface area contributed by atoms with Crippen molar-refractivity contribution < 1.29 is 4.79 Å². The molecule has 0 saturated heterocycles. The monoisotopic (exact) mass is 164 g/mol. The maximum absolute atomic E-state index is 11.0. The van der Waals surface area contributed by atoms with Gasteiger partial charge in [0, 0.05) is 11.6 Å². The highest BCUT2D eigenvalue weighted by Gasteiger charge is 2.33. The van der Waals surface area contributed by atoms with Crippen LogP contribution in [0.5, 0.6) is 0 Å². The van der Waals surface area contributed by atoms with E-state index < -0.39 is 5.41 Å². The lowest BCUT2D eigenvalue weighted by Gasteiger charge is -2.28. The fraction of sp³-hybridized carbons (Fsp3) is 0.333. The van der Waals surface area contributed by atoms with Gasteiger partial charge in [-0.25, -0.2) is 0 Å². The number of nitrogens with one attached hydrogen (secondary N) is 1. The van der Waals surface area contributed by atoms with Crippen LogP contribution >= 0.6 is 0 Å². The van der Waals surface area contributed by atoms with E-state index in [0.717, 1.165) is 0 Å². The van der Waals surface area contributed by atoms with E-state index in [4.69, 9.17) is 11.1 Å². The molecule has 0 aromatic rings. The lowest BCUT2D eigenvalue weighted by Crippen LogP contribution is -2.37. The van der Waals surface area contributed by atoms with Gasteiger partial charge in [-0.15, -0.1) is 0 Å². The first kappa shape index (κ1) is 8.71. The summed E-state index contributed by atoms with van der Waals surface area (Å²) in [5, 5.41) is 7.20. The van der Waals surface area contributed by atoms with E-state index in [1.807, 2.05) is 19.1 Å². The minimum atomic E-state index is -0.541. The van der Waals surface area contributed by atoms with Crippen molar-refractivity contribution >= 4 is 12.1 Å². The Morgan fingerprint density at radius 1 is 1.67 bits per heavy atom. The first-order valence-electron chi connectivity index (χ1n) is 3.77. The molecule has 0 aromatic carbocycles. The van der Waals surface area contributed by atoms with E-state index in [1.165, 1.54) is 6.21 Å². The molecule has 3 nitrogen and oxygen atoms in total. The molecule has 1 aliphatic carbocycles. The Hall–Kier alpha value is -1.38. The normalized spacial score (nSPS) is 33.2. The average Bonchev–Trinajstić information content (AvgIpc) is 2.05. The molecule has 3 heteroatoms. The molecule has 0 aliphatic heterocycles. The van der Waals surface area contributed by atoms with E-state index in [1.54, 1.807) is 12.2 Å². The summed E-state index contributed by atoms with van der Waals surface area (Å²) < 4.78 is 0. The third-order valence-electron chi connectivity index (χ3n) is 2.16. The minimum Gasteiger partial charge on any atom is -0.369 e. The van der Waals surface area contributed by atoms with Crippen LogP contribution in [-0.2, 0) is 4.79 Å². The van der Waals surface area contributed by atoms with Crippen molar-refractivity contribution in [3.63, 3.8) is 0 Å². The van der Waals surface area contributed by atoms with Crippen molar-refractivity contribution in [1.82, 2.24) is 0 Å². The second kappa shape index (κ2) is 2.93. The zero-order chi connectivity index (χ0) is 9.19. The molecule has 2 atom stereocenters. The lowest BCUT2D eigenvalue weighted by molar-refractivity contribution is -0.121. The summed E-state index contributed by atoms with van der Waals surface area (Å²) in [6.45, 7) is 1.81. The number of nitrogens with two attached hydrogens (primary N) is 1. The van der Waals surface area contributed by atoms with Crippen molar-refractivity contribution in [2.75, 3.05) is 0 Å². The molecule has 1 amide bonds. The van der Waals surface area contributed by atoms with Crippen LogP contribution in [0.1, 0.15) is 6.92 Å². The Morgan fingerprint density at radius 3 is 2.75 bits per heavy atom. The molecule has 0 fully saturated rings. The topological polar surface area (TPSA) is 66.9 Å². The zero-order valence-electron chi connectivity index (χ0n) is 6.95. The lowest BCUT2D eigenvalue weighted by atomic mass is 9.75. The average molecular weight is 164 g/mol. The van der Waals surface area contributed by atoms with Crippen LogP contribution in [0, 0.1) is 16.7 Å². The van der Waals surface area contributed by atoms with Gasteiger partial charge in [0.25, 0.3) is 0 Å². The molecule has 12 heavy (non-hydrogen) atoms. The van der Waals surface area contributed by atoms with Crippen molar-refractivity contribution in [2.45, 2.75) is 6.92 Å². The Kier molecular flexibility index (Phi) is 2.13. The summed E-state index contributed by atoms with van der Waals surface area (Å²) in [7, 11) is 0. The maximum Gasteiger partial charge on any atom is 0.225 e. The number of primary amides is 1. The molecule has 0 saturated carbocycles. The SMILES string of the molecule is CC1(C=N)C=CC=CC1C(N)=O. The molecule has 0 heterocycles. The summed E-state index contributed by atoms with van der Waals surface area (Å²) in [4.78, 5) is 11.0. The molecular formula is C9H12N2O. The second-order valence-corrected chi connectivity index (χ2v) is 3.13. The summed E-state index contributed by atoms with van der Waals surface area (Å²) >= 11 is 0. The summed E-state index contributed by atoms with van der Waals surface area (Å²) in [6.07, 6.45) is 8.40. The predicted molar refractivity (Wildman–Crippen MR) is 47.9 cm³/mol. The van der Waals surface area contributed by atoms with Crippen molar-refractivity contribution in [3.05, 3.63) is 24.3 Å². The van der Waals surface area contributed by atoms with Crippen LogP contribution in [0.25, 0.3) is 0 Å². The summed E-state index contributed by atoms with van der Waals surface area (Å²) in [5.74, 6) is -0.776. The third-order valence-corrected chi connectivity index (χ3v) is 2.16. The Labute approximate surface area is 71.5 Å². The van der Waals surface area contributed by atoms with Gasteiger partial charge in [-0.3, -0.25) is 4.79 Å². The van der Waals surface area contributed by atoms with Crippen LogP contribution in [0.2, 0.25) is 0 Å². The Morgan fingerprint density at radius 2 is 2.33 bits per heavy atom. The van der Waals surface area contributed by atoms with E-state index in [9.17, 15) is 4.79 Å². The van der Waals surface area contributed by atoms with Crippen LogP contribution < -0.4 is 5.73 Å². The molecule has 1 rings (SSSR count). The summed E-state index contributed by atoms with van der Waals surface area (Å²) in [5.41, 5.74) is 4.65. The maximum atomic E-state index is 11.0. The van der Waals surface area contributed by atoms with Gasteiger partial charge in [-0.1, -0.05) is 31.2 Å². The van der Waals surface area contributed by atoms with Gasteiger partial charge in [-0.2, -0.15) is 0 Å². The van der Waals surface area contributed by atoms with Gasteiger partial charge in [0.2, 0.25) is 5.91 Å². The van der Waals surface area contributed by atoms with Gasteiger partial charge in [-0.05, 0) is 0 Å². The van der Waals surface area contributed by atoms with Crippen LogP contribution in [0.3, 0.4) is 0 Å². The predicted octanol–water partition coefficient (Wildman–Crippen LogP) is 0.870. The quantitative estimate of drug-likeness (QED) is 0.584. The van der Waals surface area contributed by atoms with Crippen molar-refractivity contribution in [2.24, 2.45) is 17.1 Å². The fourth-order valence-corrected chi connectivity index (χ4v) is 1.29. The number of carbonyl (C=O) groups excluding carboxylic acids is 1. The molecule has 3 N–H and O–H groups in total. The largest absolute Gasteiger partial charge is 0.369 e. The molecule has 64 valence electrons. The van der Waals surface area contributed by atoms with Crippen molar-refractivity contribution in [1.29, 1.82) is 5.41 Å². The highest BCUT2D eigenvalue weighted by atomic mass is 16.1.